The zero-order valence-electron chi connectivity index (χ0n) is 11.5. The molecule has 0 aliphatic heterocycles. The van der Waals surface area contributed by atoms with Gasteiger partial charge in [-0.3, -0.25) is 15.0 Å². The minimum Gasteiger partial charge on any atom is -0.453 e. The summed E-state index contributed by atoms with van der Waals surface area (Å²) in [7, 11) is 1.85. The lowest BCUT2D eigenvalue weighted by atomic mass is 10.2. The maximum atomic E-state index is 12.1. The summed E-state index contributed by atoms with van der Waals surface area (Å²) in [5, 5.41) is 6.41. The van der Waals surface area contributed by atoms with Gasteiger partial charge in [-0.05, 0) is 49.0 Å². The van der Waals surface area contributed by atoms with Gasteiger partial charge in [0, 0.05) is 6.07 Å². The number of likely N-dealkylation sites (N-methyl/N-ethyl adjacent to an activating group) is 1. The van der Waals surface area contributed by atoms with Crippen molar-refractivity contribution in [1.29, 1.82) is 0 Å². The molecule has 20 heavy (non-hydrogen) atoms. The average molecular weight is 342 g/mol. The molecule has 108 valence electrons. The summed E-state index contributed by atoms with van der Waals surface area (Å²) in [5.74, 6) is 0.984. The van der Waals surface area contributed by atoms with Gasteiger partial charge in [0.25, 0.3) is 0 Å². The van der Waals surface area contributed by atoms with E-state index >= 15 is 0 Å². The second kappa shape index (κ2) is 6.23. The summed E-state index contributed by atoms with van der Waals surface area (Å²) < 4.78 is 11.1. The van der Waals surface area contributed by atoms with Crippen molar-refractivity contribution < 1.29 is 13.7 Å². The van der Waals surface area contributed by atoms with Gasteiger partial charge in [0.2, 0.25) is 11.8 Å². The second-order valence-electron chi connectivity index (χ2n) is 4.62. The van der Waals surface area contributed by atoms with Crippen molar-refractivity contribution in [3.8, 4) is 0 Å². The molecule has 0 saturated carbocycles. The Labute approximate surface area is 125 Å². The van der Waals surface area contributed by atoms with E-state index in [-0.39, 0.29) is 11.9 Å². The number of aryl methyl sites for hydroxylation is 1. The molecule has 7 heteroatoms. The third-order valence-corrected chi connectivity index (χ3v) is 3.38. The lowest BCUT2D eigenvalue weighted by Crippen LogP contribution is -2.39. The summed E-state index contributed by atoms with van der Waals surface area (Å²) in [5.41, 5.74) is 0.724. The average Bonchev–Trinajstić information content (AvgIpc) is 2.97. The molecular formula is C13H16BrN3O3. The standard InChI is InChI=1S/C13H16BrN3O3/c1-8-6-12(20-16-8)15-13(18)9(2)17(3)7-10-4-5-11(14)19-10/h4-6,9H,7H2,1-3H3,(H,15,18). The molecule has 1 atom stereocenters. The highest BCUT2D eigenvalue weighted by Crippen LogP contribution is 2.16. The van der Waals surface area contributed by atoms with Crippen LogP contribution >= 0.6 is 15.9 Å². The zero-order chi connectivity index (χ0) is 14.7. The highest BCUT2D eigenvalue weighted by atomic mass is 79.9. The molecule has 0 aliphatic carbocycles. The number of amides is 1. The molecule has 0 spiro atoms. The summed E-state index contributed by atoms with van der Waals surface area (Å²) >= 11 is 3.25. The quantitative estimate of drug-likeness (QED) is 0.905. The summed E-state index contributed by atoms with van der Waals surface area (Å²) in [6.45, 7) is 4.15. The third kappa shape index (κ3) is 3.71. The van der Waals surface area contributed by atoms with Crippen LogP contribution in [0.3, 0.4) is 0 Å². The molecule has 2 aromatic heterocycles. The number of nitrogens with zero attached hydrogens (tertiary/aromatic N) is 2. The topological polar surface area (TPSA) is 71.5 Å². The van der Waals surface area contributed by atoms with E-state index in [2.05, 4.69) is 26.4 Å². The molecule has 1 unspecified atom stereocenters. The molecule has 2 aromatic rings. The fourth-order valence-corrected chi connectivity index (χ4v) is 2.01. The zero-order valence-corrected chi connectivity index (χ0v) is 13.1. The second-order valence-corrected chi connectivity index (χ2v) is 5.40. The number of hydrogen-bond acceptors (Lipinski definition) is 5. The van der Waals surface area contributed by atoms with Crippen molar-refractivity contribution in [2.45, 2.75) is 26.4 Å². The Balaban J connectivity index is 1.92. The normalized spacial score (nSPS) is 12.7. The highest BCUT2D eigenvalue weighted by Gasteiger charge is 2.20. The number of aromatic nitrogens is 1. The number of nitrogens with one attached hydrogen (secondary N) is 1. The smallest absolute Gasteiger partial charge is 0.243 e. The van der Waals surface area contributed by atoms with E-state index in [0.29, 0.717) is 17.1 Å². The summed E-state index contributed by atoms with van der Waals surface area (Å²) in [6.07, 6.45) is 0. The monoisotopic (exact) mass is 341 g/mol. The number of anilines is 1. The maximum absolute atomic E-state index is 12.1. The van der Waals surface area contributed by atoms with Crippen LogP contribution in [-0.4, -0.2) is 29.1 Å². The molecule has 0 bridgehead atoms. The predicted octanol–water partition coefficient (Wildman–Crippen LogP) is 2.80. The Kier molecular flexibility index (Phi) is 4.61. The minimum atomic E-state index is -0.329. The summed E-state index contributed by atoms with van der Waals surface area (Å²) in [4.78, 5) is 14.0. The van der Waals surface area contributed by atoms with Crippen LogP contribution in [0.5, 0.6) is 0 Å². The Hall–Kier alpha value is -1.60. The lowest BCUT2D eigenvalue weighted by molar-refractivity contribution is -0.120. The van der Waals surface area contributed by atoms with Gasteiger partial charge in [0.1, 0.15) is 5.76 Å². The maximum Gasteiger partial charge on any atom is 0.243 e. The van der Waals surface area contributed by atoms with E-state index in [1.165, 1.54) is 0 Å². The first-order chi connectivity index (χ1) is 9.45. The van der Waals surface area contributed by atoms with Crippen LogP contribution < -0.4 is 5.32 Å². The molecule has 2 rings (SSSR count). The molecule has 0 saturated heterocycles. The van der Waals surface area contributed by atoms with E-state index in [1.54, 1.807) is 13.0 Å². The first-order valence-electron chi connectivity index (χ1n) is 6.14. The van der Waals surface area contributed by atoms with Crippen LogP contribution in [-0.2, 0) is 11.3 Å². The number of furan rings is 1. The van der Waals surface area contributed by atoms with Crippen molar-refractivity contribution in [2.24, 2.45) is 0 Å². The van der Waals surface area contributed by atoms with Gasteiger partial charge < -0.3 is 8.94 Å². The van der Waals surface area contributed by atoms with Crippen LogP contribution in [0.25, 0.3) is 0 Å². The molecule has 1 amide bonds. The van der Waals surface area contributed by atoms with Crippen molar-refractivity contribution in [2.75, 3.05) is 12.4 Å². The van der Waals surface area contributed by atoms with E-state index in [0.717, 1.165) is 11.5 Å². The Morgan fingerprint density at radius 3 is 2.85 bits per heavy atom. The van der Waals surface area contributed by atoms with E-state index < -0.39 is 0 Å². The van der Waals surface area contributed by atoms with Gasteiger partial charge in [-0.25, -0.2) is 0 Å². The molecule has 0 fully saturated rings. The highest BCUT2D eigenvalue weighted by molar-refractivity contribution is 9.10. The largest absolute Gasteiger partial charge is 0.453 e. The van der Waals surface area contributed by atoms with Crippen molar-refractivity contribution in [3.63, 3.8) is 0 Å². The molecule has 1 N–H and O–H groups in total. The van der Waals surface area contributed by atoms with Crippen LogP contribution in [0.15, 0.2) is 31.8 Å². The molecule has 0 radical (unpaired) electrons. The van der Waals surface area contributed by atoms with Crippen molar-refractivity contribution >= 4 is 27.7 Å². The van der Waals surface area contributed by atoms with Crippen LogP contribution in [0.4, 0.5) is 5.88 Å². The van der Waals surface area contributed by atoms with Crippen molar-refractivity contribution in [3.05, 3.63) is 34.3 Å². The van der Waals surface area contributed by atoms with Crippen molar-refractivity contribution in [1.82, 2.24) is 10.1 Å². The Morgan fingerprint density at radius 1 is 1.55 bits per heavy atom. The fraction of sp³-hybridized carbons (Fsp3) is 0.385. The van der Waals surface area contributed by atoms with E-state index in [4.69, 9.17) is 8.94 Å². The van der Waals surface area contributed by atoms with Gasteiger partial charge in [0.15, 0.2) is 4.67 Å². The third-order valence-electron chi connectivity index (χ3n) is 2.95. The Bertz CT molecular complexity index is 593. The SMILES string of the molecule is Cc1cc(NC(=O)C(C)N(C)Cc2ccc(Br)o2)on1. The number of hydrogen-bond donors (Lipinski definition) is 1. The Morgan fingerprint density at radius 2 is 2.30 bits per heavy atom. The van der Waals surface area contributed by atoms with E-state index in [1.807, 2.05) is 31.0 Å². The molecule has 0 aromatic carbocycles. The minimum absolute atomic E-state index is 0.158. The lowest BCUT2D eigenvalue weighted by Gasteiger charge is -2.22. The first-order valence-corrected chi connectivity index (χ1v) is 6.93. The van der Waals surface area contributed by atoms with Gasteiger partial charge in [0.05, 0.1) is 18.3 Å². The molecule has 6 nitrogen and oxygen atoms in total. The number of rotatable bonds is 5. The van der Waals surface area contributed by atoms with E-state index in [9.17, 15) is 4.79 Å². The molecule has 2 heterocycles. The molecule has 0 aliphatic rings. The number of carbonyl (C=O) groups excluding carboxylic acids is 1. The summed E-state index contributed by atoms with van der Waals surface area (Å²) in [6, 6.07) is 5.04. The molecular weight excluding hydrogens is 326 g/mol. The van der Waals surface area contributed by atoms with Gasteiger partial charge in [-0.15, -0.1) is 0 Å². The van der Waals surface area contributed by atoms with Gasteiger partial charge in [-0.1, -0.05) is 5.16 Å². The van der Waals surface area contributed by atoms with Crippen LogP contribution in [0, 0.1) is 6.92 Å². The number of halogens is 1. The first kappa shape index (κ1) is 14.8. The van der Waals surface area contributed by atoms with Gasteiger partial charge >= 0.3 is 0 Å². The fourth-order valence-electron chi connectivity index (χ4n) is 1.67. The van der Waals surface area contributed by atoms with Gasteiger partial charge in [-0.2, -0.15) is 0 Å². The van der Waals surface area contributed by atoms with Crippen LogP contribution in [0.2, 0.25) is 0 Å². The number of carbonyl (C=O) groups is 1. The predicted molar refractivity (Wildman–Crippen MR) is 77.2 cm³/mol. The van der Waals surface area contributed by atoms with Crippen LogP contribution in [0.1, 0.15) is 18.4 Å².